The summed E-state index contributed by atoms with van der Waals surface area (Å²) in [6, 6.07) is 19.3. The Hall–Kier alpha value is -2.22. The van der Waals surface area contributed by atoms with Crippen LogP contribution in [0.2, 0.25) is 0 Å². The van der Waals surface area contributed by atoms with E-state index in [9.17, 15) is 9.59 Å². The molecule has 0 amide bonds. The number of carbonyl (C=O) groups is 2. The van der Waals surface area contributed by atoms with Crippen molar-refractivity contribution >= 4 is 11.6 Å². The number of carbonyl (C=O) groups excluding carboxylic acids is 2. The second-order valence-electron chi connectivity index (χ2n) is 5.61. The van der Waals surface area contributed by atoms with Gasteiger partial charge in [0.05, 0.1) is 0 Å². The van der Waals surface area contributed by atoms with E-state index in [-0.39, 0.29) is 17.5 Å². The maximum absolute atomic E-state index is 12.2. The van der Waals surface area contributed by atoms with Crippen molar-refractivity contribution in [3.8, 4) is 0 Å². The molecule has 0 N–H and O–H groups in total. The van der Waals surface area contributed by atoms with Crippen molar-refractivity contribution < 1.29 is 9.59 Å². The Balaban J connectivity index is 1.51. The van der Waals surface area contributed by atoms with E-state index in [1.54, 1.807) is 12.1 Å². The zero-order valence-electron chi connectivity index (χ0n) is 11.9. The zero-order valence-corrected chi connectivity index (χ0v) is 11.9. The van der Waals surface area contributed by atoms with E-state index >= 15 is 0 Å². The quantitative estimate of drug-likeness (QED) is 0.748. The van der Waals surface area contributed by atoms with Crippen LogP contribution < -0.4 is 0 Å². The first-order valence-corrected chi connectivity index (χ1v) is 7.41. The number of hydrogen-bond acceptors (Lipinski definition) is 2. The average molecular weight is 278 g/mol. The first-order valence-electron chi connectivity index (χ1n) is 7.41. The maximum Gasteiger partial charge on any atom is 0.163 e. The molecule has 1 aliphatic carbocycles. The van der Waals surface area contributed by atoms with Crippen LogP contribution in [0.3, 0.4) is 0 Å². The van der Waals surface area contributed by atoms with Crippen molar-refractivity contribution in [1.29, 1.82) is 0 Å². The van der Waals surface area contributed by atoms with Crippen molar-refractivity contribution in [3.05, 3.63) is 71.8 Å². The van der Waals surface area contributed by atoms with Crippen LogP contribution in [0.25, 0.3) is 0 Å². The lowest BCUT2D eigenvalue weighted by atomic mass is 10.0. The number of benzene rings is 2. The number of Topliss-reactive ketones (excluding diaryl/α,β-unsaturated/α-hetero) is 2. The van der Waals surface area contributed by atoms with Crippen molar-refractivity contribution in [2.75, 3.05) is 0 Å². The molecule has 1 aliphatic rings. The summed E-state index contributed by atoms with van der Waals surface area (Å²) in [5, 5.41) is 0. The summed E-state index contributed by atoms with van der Waals surface area (Å²) in [6.45, 7) is 0. The number of ketones is 2. The van der Waals surface area contributed by atoms with Gasteiger partial charge in [0.15, 0.2) is 5.78 Å². The summed E-state index contributed by atoms with van der Waals surface area (Å²) >= 11 is 0. The van der Waals surface area contributed by atoms with E-state index in [0.29, 0.717) is 24.3 Å². The molecule has 21 heavy (non-hydrogen) atoms. The van der Waals surface area contributed by atoms with E-state index < -0.39 is 0 Å². The zero-order chi connectivity index (χ0) is 14.7. The van der Waals surface area contributed by atoms with Crippen LogP contribution in [0.4, 0.5) is 0 Å². The van der Waals surface area contributed by atoms with E-state index in [2.05, 4.69) is 12.1 Å². The van der Waals surface area contributed by atoms with Crippen LogP contribution in [-0.2, 0) is 4.79 Å². The third kappa shape index (κ3) is 3.27. The van der Waals surface area contributed by atoms with Gasteiger partial charge in [-0.2, -0.15) is 0 Å². The van der Waals surface area contributed by atoms with Gasteiger partial charge in [-0.25, -0.2) is 0 Å². The second-order valence-corrected chi connectivity index (χ2v) is 5.61. The van der Waals surface area contributed by atoms with Gasteiger partial charge in [0.2, 0.25) is 0 Å². The fourth-order valence-corrected chi connectivity index (χ4v) is 2.81. The third-order valence-corrected chi connectivity index (χ3v) is 4.13. The molecule has 2 aromatic rings. The van der Waals surface area contributed by atoms with Crippen molar-refractivity contribution in [2.24, 2.45) is 5.92 Å². The summed E-state index contributed by atoms with van der Waals surface area (Å²) in [6.07, 6.45) is 1.62. The Labute approximate surface area is 124 Å². The first kappa shape index (κ1) is 13.7. The molecule has 1 fully saturated rings. The molecule has 3 rings (SSSR count). The molecule has 0 aliphatic heterocycles. The fraction of sp³-hybridized carbons (Fsp3) is 0.263. The largest absolute Gasteiger partial charge is 0.299 e. The predicted molar refractivity (Wildman–Crippen MR) is 82.3 cm³/mol. The highest BCUT2D eigenvalue weighted by Crippen LogP contribution is 2.48. The fourth-order valence-electron chi connectivity index (χ4n) is 2.81. The molecule has 0 radical (unpaired) electrons. The van der Waals surface area contributed by atoms with Crippen LogP contribution in [0.15, 0.2) is 60.7 Å². The van der Waals surface area contributed by atoms with Gasteiger partial charge < -0.3 is 0 Å². The monoisotopic (exact) mass is 278 g/mol. The molecule has 1 saturated carbocycles. The van der Waals surface area contributed by atoms with E-state index in [1.165, 1.54) is 5.56 Å². The highest BCUT2D eigenvalue weighted by molar-refractivity contribution is 5.98. The second kappa shape index (κ2) is 6.04. The molecule has 2 atom stereocenters. The van der Waals surface area contributed by atoms with Gasteiger partial charge in [-0.05, 0) is 17.9 Å². The summed E-state index contributed by atoms with van der Waals surface area (Å²) < 4.78 is 0. The van der Waals surface area contributed by atoms with Gasteiger partial charge in [0.25, 0.3) is 0 Å². The van der Waals surface area contributed by atoms with E-state index in [0.717, 1.165) is 6.42 Å². The minimum atomic E-state index is 0.0564. The van der Waals surface area contributed by atoms with E-state index in [1.807, 2.05) is 36.4 Å². The molecule has 0 bridgehead atoms. The predicted octanol–water partition coefficient (Wildman–Crippen LogP) is 4.02. The van der Waals surface area contributed by atoms with Crippen molar-refractivity contribution in [3.63, 3.8) is 0 Å². The Morgan fingerprint density at radius 1 is 0.857 bits per heavy atom. The lowest BCUT2D eigenvalue weighted by molar-refractivity contribution is -0.120. The summed E-state index contributed by atoms with van der Waals surface area (Å²) in [5.74, 6) is 0.774. The van der Waals surface area contributed by atoms with E-state index in [4.69, 9.17) is 0 Å². The minimum absolute atomic E-state index is 0.0564. The van der Waals surface area contributed by atoms with Gasteiger partial charge in [0.1, 0.15) is 5.78 Å². The molecular formula is C19H18O2. The van der Waals surface area contributed by atoms with Gasteiger partial charge in [-0.1, -0.05) is 60.7 Å². The van der Waals surface area contributed by atoms with Gasteiger partial charge in [-0.3, -0.25) is 9.59 Å². The Morgan fingerprint density at radius 3 is 2.14 bits per heavy atom. The molecule has 0 saturated heterocycles. The molecule has 106 valence electrons. The topological polar surface area (TPSA) is 34.1 Å². The normalized spacial score (nSPS) is 20.0. The Kier molecular flexibility index (Phi) is 3.96. The van der Waals surface area contributed by atoms with Crippen molar-refractivity contribution in [1.82, 2.24) is 0 Å². The molecule has 2 heteroatoms. The highest BCUT2D eigenvalue weighted by Gasteiger charge is 2.43. The van der Waals surface area contributed by atoms with Crippen LogP contribution in [0.1, 0.15) is 41.1 Å². The molecule has 2 aromatic carbocycles. The Morgan fingerprint density at radius 2 is 1.48 bits per heavy atom. The smallest absolute Gasteiger partial charge is 0.163 e. The van der Waals surface area contributed by atoms with Crippen molar-refractivity contribution in [2.45, 2.75) is 25.2 Å². The SMILES string of the molecule is O=C(CCC(=O)C1CC1c1ccccc1)c1ccccc1. The first-order chi connectivity index (χ1) is 10.3. The molecule has 0 heterocycles. The number of hydrogen-bond donors (Lipinski definition) is 0. The third-order valence-electron chi connectivity index (χ3n) is 4.13. The average Bonchev–Trinajstić information content (AvgIpc) is 3.35. The molecular weight excluding hydrogens is 260 g/mol. The van der Waals surface area contributed by atoms with Crippen LogP contribution in [-0.4, -0.2) is 11.6 Å². The molecule has 2 unspecified atom stereocenters. The highest BCUT2D eigenvalue weighted by atomic mass is 16.1. The summed E-state index contributed by atoms with van der Waals surface area (Å²) in [7, 11) is 0. The standard InChI is InChI=1S/C19H18O2/c20-18(15-9-5-2-6-10-15)11-12-19(21)17-13-16(17)14-7-3-1-4-8-14/h1-10,16-17H,11-13H2. The van der Waals surface area contributed by atoms with Crippen LogP contribution >= 0.6 is 0 Å². The van der Waals surface area contributed by atoms with Gasteiger partial charge >= 0.3 is 0 Å². The molecule has 0 aromatic heterocycles. The summed E-state index contributed by atoms with van der Waals surface area (Å²) in [4.78, 5) is 24.2. The summed E-state index contributed by atoms with van der Waals surface area (Å²) in [5.41, 5.74) is 1.94. The maximum atomic E-state index is 12.2. The number of rotatable bonds is 6. The lowest BCUT2D eigenvalue weighted by Crippen LogP contribution is -2.07. The van der Waals surface area contributed by atoms with Gasteiger partial charge in [0, 0.05) is 24.3 Å². The molecule has 2 nitrogen and oxygen atoms in total. The lowest BCUT2D eigenvalue weighted by Gasteiger charge is -2.02. The van der Waals surface area contributed by atoms with Gasteiger partial charge in [-0.15, -0.1) is 0 Å². The molecule has 0 spiro atoms. The minimum Gasteiger partial charge on any atom is -0.299 e. The Bertz CT molecular complexity index is 631. The van der Waals surface area contributed by atoms with Crippen LogP contribution in [0, 0.1) is 5.92 Å². The van der Waals surface area contributed by atoms with Crippen LogP contribution in [0.5, 0.6) is 0 Å².